The first kappa shape index (κ1) is 14.9. The molecule has 0 bridgehead atoms. The standard InChI is InChI=1S/C11H14N4O7/c16-1-3-5(17)6(18)7(19)10(22-3)15-8-4(12-2-13-8)9(20)14-11(15)21/h2-3,5-7,10,16-19H,1H2,(H,12,13)(H,14,20,21)/t3-,5-,6+,7-,10?/m1/s1. The van der Waals surface area contributed by atoms with Crippen molar-refractivity contribution in [1.29, 1.82) is 0 Å². The summed E-state index contributed by atoms with van der Waals surface area (Å²) in [6.45, 7) is -0.636. The van der Waals surface area contributed by atoms with E-state index in [1.165, 1.54) is 6.33 Å². The van der Waals surface area contributed by atoms with Gasteiger partial charge in [0.1, 0.15) is 29.9 Å². The van der Waals surface area contributed by atoms with E-state index in [0.717, 1.165) is 4.57 Å². The molecule has 0 spiro atoms. The van der Waals surface area contributed by atoms with Crippen molar-refractivity contribution in [3.05, 3.63) is 27.2 Å². The SMILES string of the molecule is O=c1[nH]c(=O)n(C2O[C@H](CO)[C@@H](O)[C@H](O)[C@H]2O)c2nc[nH]c12. The molecular formula is C11H14N4O7. The van der Waals surface area contributed by atoms with Crippen LogP contribution in [0.3, 0.4) is 0 Å². The summed E-state index contributed by atoms with van der Waals surface area (Å²) >= 11 is 0. The lowest BCUT2D eigenvalue weighted by molar-refractivity contribution is -0.251. The fourth-order valence-corrected chi connectivity index (χ4v) is 2.48. The number of rotatable bonds is 2. The number of H-pyrrole nitrogens is 2. The second kappa shape index (κ2) is 5.30. The van der Waals surface area contributed by atoms with Crippen molar-refractivity contribution in [2.24, 2.45) is 0 Å². The van der Waals surface area contributed by atoms with Gasteiger partial charge in [0.25, 0.3) is 5.56 Å². The van der Waals surface area contributed by atoms with Crippen LogP contribution >= 0.6 is 0 Å². The van der Waals surface area contributed by atoms with Gasteiger partial charge in [-0.05, 0) is 0 Å². The molecule has 11 heteroatoms. The van der Waals surface area contributed by atoms with Crippen LogP contribution in [-0.4, -0.2) is 71.0 Å². The van der Waals surface area contributed by atoms with Crippen molar-refractivity contribution in [2.75, 3.05) is 6.61 Å². The van der Waals surface area contributed by atoms with Gasteiger partial charge in [0.2, 0.25) is 0 Å². The molecule has 2 aromatic rings. The lowest BCUT2D eigenvalue weighted by Crippen LogP contribution is -2.58. The minimum atomic E-state index is -1.67. The molecule has 120 valence electrons. The predicted octanol–water partition coefficient (Wildman–Crippen LogP) is -3.61. The van der Waals surface area contributed by atoms with E-state index in [0.29, 0.717) is 0 Å². The Bertz CT molecular complexity index is 794. The number of fused-ring (bicyclic) bond motifs is 1. The van der Waals surface area contributed by atoms with Gasteiger partial charge in [0.15, 0.2) is 11.9 Å². The number of nitrogens with one attached hydrogen (secondary N) is 2. The summed E-state index contributed by atoms with van der Waals surface area (Å²) in [5, 5.41) is 38.8. The Labute approximate surface area is 121 Å². The summed E-state index contributed by atoms with van der Waals surface area (Å²) in [4.78, 5) is 32.1. The number of aliphatic hydroxyl groups excluding tert-OH is 4. The summed E-state index contributed by atoms with van der Waals surface area (Å²) in [5.41, 5.74) is -1.71. The second-order valence-electron chi connectivity index (χ2n) is 4.95. The van der Waals surface area contributed by atoms with Crippen molar-refractivity contribution in [2.45, 2.75) is 30.6 Å². The Morgan fingerprint density at radius 2 is 1.95 bits per heavy atom. The molecule has 1 saturated heterocycles. The largest absolute Gasteiger partial charge is 0.394 e. The molecule has 3 rings (SSSR count). The van der Waals surface area contributed by atoms with Crippen LogP contribution in [0.2, 0.25) is 0 Å². The molecule has 0 radical (unpaired) electrons. The van der Waals surface area contributed by atoms with Crippen LogP contribution < -0.4 is 11.2 Å². The van der Waals surface area contributed by atoms with Crippen LogP contribution in [0.4, 0.5) is 0 Å². The molecule has 0 aromatic carbocycles. The summed E-state index contributed by atoms with van der Waals surface area (Å²) in [7, 11) is 0. The summed E-state index contributed by atoms with van der Waals surface area (Å²) in [6, 6.07) is 0. The van der Waals surface area contributed by atoms with E-state index in [4.69, 9.17) is 4.74 Å². The average molecular weight is 314 g/mol. The highest BCUT2D eigenvalue weighted by molar-refractivity contribution is 5.68. The molecule has 1 aliphatic heterocycles. The smallest absolute Gasteiger partial charge is 0.332 e. The van der Waals surface area contributed by atoms with Crippen LogP contribution in [0.1, 0.15) is 6.23 Å². The molecule has 2 aromatic heterocycles. The van der Waals surface area contributed by atoms with Crippen molar-refractivity contribution in [1.82, 2.24) is 19.5 Å². The van der Waals surface area contributed by atoms with Gasteiger partial charge < -0.3 is 30.1 Å². The van der Waals surface area contributed by atoms with Gasteiger partial charge in [-0.2, -0.15) is 0 Å². The van der Waals surface area contributed by atoms with Crippen LogP contribution in [0.5, 0.6) is 0 Å². The van der Waals surface area contributed by atoms with Gasteiger partial charge in [0.05, 0.1) is 12.9 Å². The molecule has 1 unspecified atom stereocenters. The van der Waals surface area contributed by atoms with Gasteiger partial charge in [-0.1, -0.05) is 0 Å². The first-order valence-electron chi connectivity index (χ1n) is 6.44. The molecule has 0 aliphatic carbocycles. The minimum absolute atomic E-state index is 0.0171. The van der Waals surface area contributed by atoms with Gasteiger partial charge in [-0.3, -0.25) is 9.78 Å². The third-order valence-corrected chi connectivity index (χ3v) is 3.64. The molecule has 3 heterocycles. The molecule has 0 saturated carbocycles. The van der Waals surface area contributed by atoms with Gasteiger partial charge in [-0.15, -0.1) is 0 Å². The van der Waals surface area contributed by atoms with E-state index < -0.39 is 48.5 Å². The first-order valence-corrected chi connectivity index (χ1v) is 6.44. The highest BCUT2D eigenvalue weighted by Crippen LogP contribution is 2.28. The van der Waals surface area contributed by atoms with E-state index in [9.17, 15) is 30.0 Å². The molecule has 6 N–H and O–H groups in total. The lowest BCUT2D eigenvalue weighted by Gasteiger charge is -2.40. The quantitative estimate of drug-likeness (QED) is 0.329. The highest BCUT2D eigenvalue weighted by atomic mass is 16.6. The number of imidazole rings is 1. The van der Waals surface area contributed by atoms with Crippen molar-refractivity contribution in [3.8, 4) is 0 Å². The number of aromatic amines is 2. The van der Waals surface area contributed by atoms with Crippen LogP contribution in [0.15, 0.2) is 15.9 Å². The Morgan fingerprint density at radius 1 is 1.23 bits per heavy atom. The third kappa shape index (κ3) is 2.07. The molecule has 0 amide bonds. The first-order chi connectivity index (χ1) is 10.5. The maximum Gasteiger partial charge on any atom is 0.332 e. The maximum atomic E-state index is 12.0. The molecule has 1 aliphatic rings. The molecule has 1 fully saturated rings. The van der Waals surface area contributed by atoms with Crippen LogP contribution in [-0.2, 0) is 4.74 Å². The number of aromatic nitrogens is 4. The van der Waals surface area contributed by atoms with Crippen LogP contribution in [0, 0.1) is 0 Å². The topological polar surface area (TPSA) is 174 Å². The average Bonchev–Trinajstić information content (AvgIpc) is 2.96. The molecular weight excluding hydrogens is 300 g/mol. The zero-order chi connectivity index (χ0) is 16.0. The van der Waals surface area contributed by atoms with Crippen LogP contribution in [0.25, 0.3) is 11.2 Å². The summed E-state index contributed by atoms with van der Waals surface area (Å²) in [5.74, 6) is 0. The van der Waals surface area contributed by atoms with Gasteiger partial charge >= 0.3 is 5.69 Å². The fraction of sp³-hybridized carbons (Fsp3) is 0.545. The zero-order valence-corrected chi connectivity index (χ0v) is 11.1. The van der Waals surface area contributed by atoms with Gasteiger partial charge in [-0.25, -0.2) is 14.3 Å². The van der Waals surface area contributed by atoms with Gasteiger partial charge in [0, 0.05) is 0 Å². The Kier molecular flexibility index (Phi) is 3.58. The number of hydrogen-bond donors (Lipinski definition) is 6. The second-order valence-corrected chi connectivity index (χ2v) is 4.95. The van der Waals surface area contributed by atoms with E-state index >= 15 is 0 Å². The summed E-state index contributed by atoms with van der Waals surface area (Å²) in [6.07, 6.45) is -6.31. The van der Waals surface area contributed by atoms with E-state index in [1.54, 1.807) is 0 Å². The van der Waals surface area contributed by atoms with E-state index in [2.05, 4.69) is 9.97 Å². The van der Waals surface area contributed by atoms with Crippen molar-refractivity contribution in [3.63, 3.8) is 0 Å². The molecule has 22 heavy (non-hydrogen) atoms. The number of nitrogens with zero attached hydrogens (tertiary/aromatic N) is 2. The summed E-state index contributed by atoms with van der Waals surface area (Å²) < 4.78 is 6.13. The van der Waals surface area contributed by atoms with E-state index in [1.807, 2.05) is 4.98 Å². The minimum Gasteiger partial charge on any atom is -0.394 e. The van der Waals surface area contributed by atoms with Crippen molar-refractivity contribution >= 4 is 11.2 Å². The Balaban J connectivity index is 2.16. The predicted molar refractivity (Wildman–Crippen MR) is 70.0 cm³/mol. The molecule has 5 atom stereocenters. The maximum absolute atomic E-state index is 12.0. The van der Waals surface area contributed by atoms with Crippen molar-refractivity contribution < 1.29 is 25.2 Å². The van der Waals surface area contributed by atoms with E-state index in [-0.39, 0.29) is 11.2 Å². The Morgan fingerprint density at radius 3 is 2.64 bits per heavy atom. The third-order valence-electron chi connectivity index (χ3n) is 3.64. The Hall–Kier alpha value is -2.05. The normalized spacial score (nSPS) is 32.5. The fourth-order valence-electron chi connectivity index (χ4n) is 2.48. The molecule has 11 nitrogen and oxygen atoms in total. The zero-order valence-electron chi connectivity index (χ0n) is 11.1. The number of hydrogen-bond acceptors (Lipinski definition) is 8. The highest BCUT2D eigenvalue weighted by Gasteiger charge is 2.45. The number of ether oxygens (including phenoxy) is 1. The number of aliphatic hydroxyl groups is 4. The monoisotopic (exact) mass is 314 g/mol. The lowest BCUT2D eigenvalue weighted by atomic mass is 9.98.